The molecule has 0 aliphatic heterocycles. The van der Waals surface area contributed by atoms with E-state index >= 15 is 0 Å². The quantitative estimate of drug-likeness (QED) is 0.523. The molecule has 3 aromatic carbocycles. The molecule has 0 unspecified atom stereocenters. The molecule has 10 heteroatoms. The third-order valence-corrected chi connectivity index (χ3v) is 7.13. The summed E-state index contributed by atoms with van der Waals surface area (Å²) in [6.45, 7) is 5.28. The molecule has 168 valence electrons. The molecule has 0 atom stereocenters. The molecule has 32 heavy (non-hydrogen) atoms. The Balaban J connectivity index is 1.70. The van der Waals surface area contributed by atoms with E-state index in [0.29, 0.717) is 11.3 Å². The minimum Gasteiger partial charge on any atom is -0.379 e. The van der Waals surface area contributed by atoms with Gasteiger partial charge in [0.15, 0.2) is 0 Å². The molecule has 0 aliphatic carbocycles. The number of rotatable bonds is 6. The highest BCUT2D eigenvalue weighted by Crippen LogP contribution is 2.25. The van der Waals surface area contributed by atoms with E-state index in [2.05, 4.69) is 5.32 Å². The maximum atomic E-state index is 12.4. The molecule has 3 rings (SSSR count). The van der Waals surface area contributed by atoms with Gasteiger partial charge in [-0.2, -0.15) is 8.42 Å². The molecule has 3 aromatic rings. The number of sulfonamides is 1. The second kappa shape index (κ2) is 9.01. The number of carbonyl (C=O) groups is 1. The Kier molecular flexibility index (Phi) is 6.56. The van der Waals surface area contributed by atoms with Gasteiger partial charge in [-0.3, -0.25) is 0 Å². The van der Waals surface area contributed by atoms with Crippen molar-refractivity contribution >= 4 is 31.9 Å². The molecule has 0 radical (unpaired) electrons. The molecule has 0 spiro atoms. The zero-order valence-corrected chi connectivity index (χ0v) is 19.2. The van der Waals surface area contributed by atoms with Gasteiger partial charge in [0, 0.05) is 5.69 Å². The van der Waals surface area contributed by atoms with Gasteiger partial charge in [-0.05, 0) is 68.8 Å². The van der Waals surface area contributed by atoms with E-state index in [0.717, 1.165) is 11.1 Å². The Morgan fingerprint density at radius 1 is 0.750 bits per heavy atom. The van der Waals surface area contributed by atoms with Crippen LogP contribution in [0.2, 0.25) is 0 Å². The van der Waals surface area contributed by atoms with Crippen molar-refractivity contribution < 1.29 is 25.8 Å². The lowest BCUT2D eigenvalue weighted by Crippen LogP contribution is -2.34. The van der Waals surface area contributed by atoms with Gasteiger partial charge in [-0.15, -0.1) is 0 Å². The number of carbonyl (C=O) groups excluding carboxylic acids is 1. The van der Waals surface area contributed by atoms with E-state index in [-0.39, 0.29) is 15.5 Å². The Labute approximate surface area is 187 Å². The van der Waals surface area contributed by atoms with Crippen LogP contribution in [0.15, 0.2) is 76.5 Å². The summed E-state index contributed by atoms with van der Waals surface area (Å²) in [6.07, 6.45) is 0. The van der Waals surface area contributed by atoms with Crippen LogP contribution in [0.3, 0.4) is 0 Å². The highest BCUT2D eigenvalue weighted by molar-refractivity contribution is 7.90. The minimum absolute atomic E-state index is 0.0173. The zero-order chi connectivity index (χ0) is 23.5. The fourth-order valence-electron chi connectivity index (χ4n) is 2.75. The van der Waals surface area contributed by atoms with E-state index in [4.69, 9.17) is 4.18 Å². The van der Waals surface area contributed by atoms with Crippen molar-refractivity contribution in [2.75, 3.05) is 5.32 Å². The monoisotopic (exact) mass is 474 g/mol. The fraction of sp³-hybridized carbons (Fsp3) is 0.136. The largest absolute Gasteiger partial charge is 0.379 e. The van der Waals surface area contributed by atoms with Crippen molar-refractivity contribution in [1.29, 1.82) is 0 Å². The molecular formula is C22H22N2O6S2. The zero-order valence-electron chi connectivity index (χ0n) is 17.6. The van der Waals surface area contributed by atoms with Crippen LogP contribution in [0.25, 0.3) is 0 Å². The van der Waals surface area contributed by atoms with E-state index in [1.807, 2.05) is 18.6 Å². The molecule has 8 nitrogen and oxygen atoms in total. The summed E-state index contributed by atoms with van der Waals surface area (Å²) in [7, 11) is -8.06. The fourth-order valence-corrected chi connectivity index (χ4v) is 4.58. The number of urea groups is 1. The van der Waals surface area contributed by atoms with Crippen LogP contribution in [-0.2, 0) is 20.1 Å². The molecule has 0 saturated carbocycles. The van der Waals surface area contributed by atoms with E-state index < -0.39 is 26.2 Å². The summed E-state index contributed by atoms with van der Waals surface area (Å²) in [4.78, 5) is 12.2. The minimum atomic E-state index is -4.04. The van der Waals surface area contributed by atoms with Crippen molar-refractivity contribution in [3.63, 3.8) is 0 Å². The molecule has 0 bridgehead atoms. The Hall–Kier alpha value is -3.37. The number of benzene rings is 3. The van der Waals surface area contributed by atoms with Gasteiger partial charge in [-0.1, -0.05) is 35.4 Å². The third-order valence-electron chi connectivity index (χ3n) is 4.52. The Morgan fingerprint density at radius 2 is 1.28 bits per heavy atom. The SMILES string of the molecule is Cc1ccc(S(=O)(=O)NC(=O)Nc2ccc(OS(=O)(=O)c3ccc(C)cc3)cc2C)cc1. The Morgan fingerprint density at radius 3 is 1.81 bits per heavy atom. The van der Waals surface area contributed by atoms with Gasteiger partial charge >= 0.3 is 16.1 Å². The van der Waals surface area contributed by atoms with Crippen molar-refractivity contribution in [2.24, 2.45) is 0 Å². The van der Waals surface area contributed by atoms with Crippen LogP contribution in [0.5, 0.6) is 5.75 Å². The van der Waals surface area contributed by atoms with E-state index in [9.17, 15) is 21.6 Å². The summed E-state index contributed by atoms with van der Waals surface area (Å²) in [5, 5.41) is 2.44. The summed E-state index contributed by atoms with van der Waals surface area (Å²) < 4.78 is 56.6. The predicted octanol–water partition coefficient (Wildman–Crippen LogP) is 3.89. The second-order valence-corrected chi connectivity index (χ2v) is 10.4. The second-order valence-electron chi connectivity index (χ2n) is 7.20. The third kappa shape index (κ3) is 5.65. The van der Waals surface area contributed by atoms with E-state index in [1.165, 1.54) is 42.5 Å². The highest BCUT2D eigenvalue weighted by atomic mass is 32.2. The first kappa shape index (κ1) is 23.3. The molecule has 0 heterocycles. The molecular weight excluding hydrogens is 452 g/mol. The van der Waals surface area contributed by atoms with Crippen LogP contribution in [0, 0.1) is 20.8 Å². The van der Waals surface area contributed by atoms with Gasteiger partial charge in [-0.25, -0.2) is 17.9 Å². The number of nitrogens with one attached hydrogen (secondary N) is 2. The predicted molar refractivity (Wildman–Crippen MR) is 121 cm³/mol. The number of aryl methyl sites for hydroxylation is 3. The maximum Gasteiger partial charge on any atom is 0.339 e. The van der Waals surface area contributed by atoms with Gasteiger partial charge < -0.3 is 9.50 Å². The standard InChI is InChI=1S/C22H22N2O6S2/c1-15-4-9-19(10-5-15)31(26,27)24-22(25)23-21-13-8-18(14-17(21)3)30-32(28,29)20-11-6-16(2)7-12-20/h4-14H,1-3H3,(H2,23,24,25). The first-order valence-corrected chi connectivity index (χ1v) is 12.4. The van der Waals surface area contributed by atoms with Crippen molar-refractivity contribution in [2.45, 2.75) is 30.6 Å². The van der Waals surface area contributed by atoms with Crippen LogP contribution in [0.1, 0.15) is 16.7 Å². The summed E-state index contributed by atoms with van der Waals surface area (Å²) >= 11 is 0. The highest BCUT2D eigenvalue weighted by Gasteiger charge is 2.19. The summed E-state index contributed by atoms with van der Waals surface area (Å²) in [5.41, 5.74) is 2.57. The summed E-state index contributed by atoms with van der Waals surface area (Å²) in [6, 6.07) is 15.5. The lowest BCUT2D eigenvalue weighted by Gasteiger charge is -2.12. The maximum absolute atomic E-state index is 12.4. The van der Waals surface area contributed by atoms with Crippen molar-refractivity contribution in [3.05, 3.63) is 83.4 Å². The van der Waals surface area contributed by atoms with E-state index in [1.54, 1.807) is 31.2 Å². The molecule has 2 N–H and O–H groups in total. The number of amides is 2. The number of anilines is 1. The molecule has 0 saturated heterocycles. The van der Waals surface area contributed by atoms with Gasteiger partial charge in [0.25, 0.3) is 10.0 Å². The average molecular weight is 475 g/mol. The lowest BCUT2D eigenvalue weighted by molar-refractivity contribution is 0.256. The van der Waals surface area contributed by atoms with Crippen molar-refractivity contribution in [1.82, 2.24) is 4.72 Å². The number of hydrogen-bond donors (Lipinski definition) is 2. The van der Waals surface area contributed by atoms with Crippen LogP contribution in [0.4, 0.5) is 10.5 Å². The first-order valence-electron chi connectivity index (χ1n) is 9.48. The normalized spacial score (nSPS) is 11.6. The lowest BCUT2D eigenvalue weighted by atomic mass is 10.2. The first-order chi connectivity index (χ1) is 15.0. The average Bonchev–Trinajstić information content (AvgIpc) is 2.70. The van der Waals surface area contributed by atoms with Crippen LogP contribution in [-0.4, -0.2) is 22.9 Å². The van der Waals surface area contributed by atoms with Gasteiger partial charge in [0.2, 0.25) is 0 Å². The van der Waals surface area contributed by atoms with Crippen LogP contribution >= 0.6 is 0 Å². The smallest absolute Gasteiger partial charge is 0.339 e. The molecule has 0 aromatic heterocycles. The van der Waals surface area contributed by atoms with Crippen molar-refractivity contribution in [3.8, 4) is 5.75 Å². The topological polar surface area (TPSA) is 119 Å². The van der Waals surface area contributed by atoms with Gasteiger partial charge in [0.1, 0.15) is 10.6 Å². The molecule has 2 amide bonds. The number of hydrogen-bond acceptors (Lipinski definition) is 6. The molecule has 0 fully saturated rings. The summed E-state index contributed by atoms with van der Waals surface area (Å²) in [5.74, 6) is 0.0568. The molecule has 0 aliphatic rings. The van der Waals surface area contributed by atoms with Gasteiger partial charge in [0.05, 0.1) is 4.90 Å². The Bertz CT molecular complexity index is 1350. The van der Waals surface area contributed by atoms with Crippen LogP contribution < -0.4 is 14.2 Å².